The first-order valence-electron chi connectivity index (χ1n) is 10.8. The lowest BCUT2D eigenvalue weighted by Gasteiger charge is -2.58. The summed E-state index contributed by atoms with van der Waals surface area (Å²) < 4.78 is 17.6. The van der Waals surface area contributed by atoms with Crippen LogP contribution in [0.5, 0.6) is 11.5 Å². The van der Waals surface area contributed by atoms with Gasteiger partial charge in [0, 0.05) is 30.0 Å². The Morgan fingerprint density at radius 3 is 2.86 bits per heavy atom. The number of hydrogen-bond acceptors (Lipinski definition) is 5. The average Bonchev–Trinajstić information content (AvgIpc) is 3.20. The Labute approximate surface area is 170 Å². The van der Waals surface area contributed by atoms with Gasteiger partial charge in [0.2, 0.25) is 5.91 Å². The van der Waals surface area contributed by atoms with E-state index in [1.807, 2.05) is 6.07 Å². The predicted octanol–water partition coefficient (Wildman–Crippen LogP) is 2.11. The lowest BCUT2D eigenvalue weighted by molar-refractivity contribution is -0.132. The molecule has 3 saturated heterocycles. The van der Waals surface area contributed by atoms with E-state index in [0.717, 1.165) is 30.9 Å². The Kier molecular flexibility index (Phi) is 3.08. The van der Waals surface area contributed by atoms with Crippen LogP contribution in [0.25, 0.3) is 0 Å². The standard InChI is InChI=1S/C23H26N2O4/c1-27-16-8-14-15(9-17(16)28-2)25-20(26)10-18-21-13-7-19-23(14,22(21)25)4-5-24(19)11-12(13)3-6-29-18/h3,8-9,13,18-19,21-22H,4-7,10-11H2,1-2H3/t13?,18-,19-,21?,22-,23?/m0/s1. The zero-order chi connectivity index (χ0) is 19.5. The molecule has 1 saturated carbocycles. The molecule has 3 unspecified atom stereocenters. The van der Waals surface area contributed by atoms with Crippen molar-refractivity contribution in [3.63, 3.8) is 0 Å². The third-order valence-corrected chi connectivity index (χ3v) is 8.81. The Bertz CT molecular complexity index is 974. The van der Waals surface area contributed by atoms with Crippen LogP contribution in [0.2, 0.25) is 0 Å². The highest BCUT2D eigenvalue weighted by atomic mass is 16.5. The summed E-state index contributed by atoms with van der Waals surface area (Å²) in [4.78, 5) is 18.3. The zero-order valence-electron chi connectivity index (χ0n) is 16.9. The number of piperidine rings is 2. The van der Waals surface area contributed by atoms with Crippen molar-refractivity contribution >= 4 is 11.6 Å². The topological polar surface area (TPSA) is 51.2 Å². The van der Waals surface area contributed by atoms with Crippen molar-refractivity contribution < 1.29 is 19.0 Å². The van der Waals surface area contributed by atoms with Crippen molar-refractivity contribution in [2.24, 2.45) is 11.8 Å². The van der Waals surface area contributed by atoms with Crippen molar-refractivity contribution in [3.8, 4) is 11.5 Å². The lowest BCUT2D eigenvalue weighted by Crippen LogP contribution is -2.69. The lowest BCUT2D eigenvalue weighted by atomic mass is 9.53. The molecule has 5 heterocycles. The number of nitrogens with zero attached hydrogens (tertiary/aromatic N) is 2. The Morgan fingerprint density at radius 2 is 2.03 bits per heavy atom. The van der Waals surface area contributed by atoms with Crippen LogP contribution in [0.4, 0.5) is 5.69 Å². The Morgan fingerprint density at radius 1 is 1.21 bits per heavy atom. The number of hydrogen-bond donors (Lipinski definition) is 0. The van der Waals surface area contributed by atoms with E-state index >= 15 is 0 Å². The number of rotatable bonds is 2. The second-order valence-corrected chi connectivity index (χ2v) is 9.48. The fraction of sp³-hybridized carbons (Fsp3) is 0.609. The molecule has 1 aliphatic carbocycles. The summed E-state index contributed by atoms with van der Waals surface area (Å²) >= 11 is 0. The highest BCUT2D eigenvalue weighted by Crippen LogP contribution is 2.66. The maximum absolute atomic E-state index is 13.5. The number of carbonyl (C=O) groups is 1. The largest absolute Gasteiger partial charge is 0.493 e. The first-order valence-corrected chi connectivity index (χ1v) is 10.8. The molecule has 7 rings (SSSR count). The second kappa shape index (κ2) is 5.35. The molecule has 2 bridgehead atoms. The molecule has 1 aromatic carbocycles. The highest BCUT2D eigenvalue weighted by Gasteiger charge is 2.71. The number of ether oxygens (including phenoxy) is 3. The molecule has 6 atom stereocenters. The van der Waals surface area contributed by atoms with Crippen molar-refractivity contribution in [1.29, 1.82) is 0 Å². The van der Waals surface area contributed by atoms with Gasteiger partial charge in [-0.3, -0.25) is 9.69 Å². The number of carbonyl (C=O) groups excluding carboxylic acids is 1. The summed E-state index contributed by atoms with van der Waals surface area (Å²) in [6, 6.07) is 4.87. The van der Waals surface area contributed by atoms with E-state index in [-0.39, 0.29) is 23.5 Å². The Balaban J connectivity index is 1.52. The normalized spacial score (nSPS) is 41.0. The predicted molar refractivity (Wildman–Crippen MR) is 107 cm³/mol. The first kappa shape index (κ1) is 16.7. The number of amides is 1. The first-order chi connectivity index (χ1) is 14.2. The molecule has 0 aromatic heterocycles. The van der Waals surface area contributed by atoms with E-state index in [4.69, 9.17) is 14.2 Å². The van der Waals surface area contributed by atoms with E-state index in [0.29, 0.717) is 36.7 Å². The van der Waals surface area contributed by atoms with Crippen LogP contribution in [0.1, 0.15) is 24.8 Å². The average molecular weight is 394 g/mol. The molecular formula is C23H26N2O4. The van der Waals surface area contributed by atoms with Gasteiger partial charge in [-0.05, 0) is 36.9 Å². The molecule has 6 aliphatic rings. The molecule has 6 nitrogen and oxygen atoms in total. The van der Waals surface area contributed by atoms with E-state index in [9.17, 15) is 4.79 Å². The monoisotopic (exact) mass is 394 g/mol. The van der Waals surface area contributed by atoms with Gasteiger partial charge < -0.3 is 19.1 Å². The fourth-order valence-corrected chi connectivity index (χ4v) is 7.87. The number of anilines is 1. The van der Waals surface area contributed by atoms with Gasteiger partial charge in [0.05, 0.1) is 45.1 Å². The molecule has 1 aromatic rings. The summed E-state index contributed by atoms with van der Waals surface area (Å²) in [6.07, 6.45) is 5.11. The van der Waals surface area contributed by atoms with Gasteiger partial charge in [-0.25, -0.2) is 0 Å². The van der Waals surface area contributed by atoms with E-state index in [1.165, 1.54) is 12.0 Å². The third kappa shape index (κ3) is 1.76. The molecule has 29 heavy (non-hydrogen) atoms. The molecule has 1 amide bonds. The summed E-state index contributed by atoms with van der Waals surface area (Å²) in [5.41, 5.74) is 3.85. The number of benzene rings is 1. The van der Waals surface area contributed by atoms with E-state index in [1.54, 1.807) is 19.8 Å². The minimum Gasteiger partial charge on any atom is -0.493 e. The van der Waals surface area contributed by atoms with Crippen LogP contribution in [0, 0.1) is 11.8 Å². The van der Waals surface area contributed by atoms with Gasteiger partial charge in [0.15, 0.2) is 11.5 Å². The van der Waals surface area contributed by atoms with Crippen molar-refractivity contribution in [2.75, 3.05) is 38.8 Å². The number of fused-ring (bicyclic) bond motifs is 2. The molecular weight excluding hydrogens is 368 g/mol. The molecule has 6 heteroatoms. The van der Waals surface area contributed by atoms with Gasteiger partial charge in [0.25, 0.3) is 0 Å². The van der Waals surface area contributed by atoms with E-state index < -0.39 is 0 Å². The zero-order valence-corrected chi connectivity index (χ0v) is 16.9. The van der Waals surface area contributed by atoms with Crippen LogP contribution >= 0.6 is 0 Å². The van der Waals surface area contributed by atoms with Crippen LogP contribution in [0.3, 0.4) is 0 Å². The number of methoxy groups -OCH3 is 2. The minimum atomic E-state index is -0.0242. The molecule has 4 fully saturated rings. The van der Waals surface area contributed by atoms with Gasteiger partial charge in [-0.2, -0.15) is 0 Å². The van der Waals surface area contributed by atoms with Gasteiger partial charge in [-0.1, -0.05) is 11.6 Å². The van der Waals surface area contributed by atoms with Crippen molar-refractivity contribution in [1.82, 2.24) is 4.90 Å². The summed E-state index contributed by atoms with van der Waals surface area (Å²) in [7, 11) is 3.36. The van der Waals surface area contributed by atoms with Crippen molar-refractivity contribution in [2.45, 2.75) is 42.9 Å². The highest BCUT2D eigenvalue weighted by molar-refractivity contribution is 5.99. The van der Waals surface area contributed by atoms with Gasteiger partial charge in [0.1, 0.15) is 0 Å². The van der Waals surface area contributed by atoms with Crippen molar-refractivity contribution in [3.05, 3.63) is 29.3 Å². The molecule has 152 valence electrons. The van der Waals surface area contributed by atoms with Crippen LogP contribution in [0.15, 0.2) is 23.8 Å². The third-order valence-electron chi connectivity index (χ3n) is 8.81. The molecule has 5 aliphatic heterocycles. The molecule has 1 spiro atoms. The molecule has 0 radical (unpaired) electrons. The summed E-state index contributed by atoms with van der Waals surface area (Å²) in [5.74, 6) is 2.57. The SMILES string of the molecule is COc1cc2c(cc1OC)C13CCN4CC5=CCO[C@H]6CC(=O)N2[C@H]1C6C5C[C@H]43. The quantitative estimate of drug-likeness (QED) is 0.719. The van der Waals surface area contributed by atoms with Crippen LogP contribution in [-0.2, 0) is 14.9 Å². The Hall–Kier alpha value is -2.05. The summed E-state index contributed by atoms with van der Waals surface area (Å²) in [6.45, 7) is 2.80. The van der Waals surface area contributed by atoms with E-state index in [2.05, 4.69) is 21.9 Å². The van der Waals surface area contributed by atoms with Gasteiger partial charge in [-0.15, -0.1) is 0 Å². The van der Waals surface area contributed by atoms with Crippen LogP contribution in [-0.4, -0.2) is 62.9 Å². The van der Waals surface area contributed by atoms with Gasteiger partial charge >= 0.3 is 0 Å². The maximum atomic E-state index is 13.5. The fourth-order valence-electron chi connectivity index (χ4n) is 7.87. The van der Waals surface area contributed by atoms with Crippen LogP contribution < -0.4 is 14.4 Å². The smallest absolute Gasteiger partial charge is 0.229 e. The maximum Gasteiger partial charge on any atom is 0.229 e. The second-order valence-electron chi connectivity index (χ2n) is 9.48. The summed E-state index contributed by atoms with van der Waals surface area (Å²) in [5, 5.41) is 0. The molecule has 0 N–H and O–H groups in total. The minimum absolute atomic E-state index is 0.0242.